The second-order valence-electron chi connectivity index (χ2n) is 8.80. The van der Waals surface area contributed by atoms with E-state index in [1.54, 1.807) is 30.3 Å². The van der Waals surface area contributed by atoms with Crippen molar-refractivity contribution >= 4 is 45.9 Å². The second-order valence-corrected chi connectivity index (χ2v) is 9.21. The fraction of sp³-hybridized carbons (Fsp3) is 0.103. The summed E-state index contributed by atoms with van der Waals surface area (Å²) in [5, 5.41) is 24.0. The summed E-state index contributed by atoms with van der Waals surface area (Å²) in [4.78, 5) is 50.4. The molecule has 1 atom stereocenters. The molecule has 0 aromatic heterocycles. The van der Waals surface area contributed by atoms with E-state index in [1.165, 1.54) is 30.3 Å². The number of carbonyl (C=O) groups excluding carboxylic acids is 3. The number of hydrogen-bond donors (Lipinski definition) is 4. The van der Waals surface area contributed by atoms with Crippen LogP contribution < -0.4 is 11.2 Å². The van der Waals surface area contributed by atoms with Crippen LogP contribution in [0.4, 0.5) is 0 Å². The minimum atomic E-state index is -1.65. The highest BCUT2D eigenvalue weighted by Gasteiger charge is 2.32. The Kier molecular flexibility index (Phi) is 8.24. The third-order valence-corrected chi connectivity index (χ3v) is 6.44. The number of nitrogens with two attached hydrogens (primary N) is 1. The van der Waals surface area contributed by atoms with Crippen LogP contribution in [0.3, 0.4) is 0 Å². The number of ketones is 1. The average molecular weight is 546 g/mol. The highest BCUT2D eigenvalue weighted by atomic mass is 35.5. The van der Waals surface area contributed by atoms with Gasteiger partial charge in [0.1, 0.15) is 5.75 Å². The third-order valence-electron chi connectivity index (χ3n) is 6.13. The number of aromatic hydroxyl groups is 1. The lowest BCUT2D eigenvalue weighted by molar-refractivity contribution is -0.142. The predicted molar refractivity (Wildman–Crippen MR) is 145 cm³/mol. The number of aliphatic carboxylic acids is 1. The highest BCUT2D eigenvalue weighted by molar-refractivity contribution is 6.34. The highest BCUT2D eigenvalue weighted by Crippen LogP contribution is 2.22. The second kappa shape index (κ2) is 11.8. The number of phenols is 1. The number of nitrogens with zero attached hydrogens (tertiary/aromatic N) is 1. The minimum absolute atomic E-state index is 0.0672. The van der Waals surface area contributed by atoms with Gasteiger partial charge in [-0.15, -0.1) is 0 Å². The lowest BCUT2D eigenvalue weighted by Crippen LogP contribution is -2.50. The molecule has 0 aliphatic heterocycles. The first kappa shape index (κ1) is 27.3. The summed E-state index contributed by atoms with van der Waals surface area (Å²) in [5.74, 6) is 2.60. The van der Waals surface area contributed by atoms with Gasteiger partial charge in [0.25, 0.3) is 11.8 Å². The van der Waals surface area contributed by atoms with Crippen molar-refractivity contribution in [2.45, 2.75) is 19.0 Å². The Labute approximate surface area is 228 Å². The van der Waals surface area contributed by atoms with Gasteiger partial charge in [0.05, 0.1) is 10.6 Å². The van der Waals surface area contributed by atoms with Crippen molar-refractivity contribution in [2.75, 3.05) is 0 Å². The molecule has 4 rings (SSSR count). The molecule has 9 nitrogen and oxygen atoms in total. The topological polar surface area (TPSA) is 150 Å². The van der Waals surface area contributed by atoms with Gasteiger partial charge in [-0.3, -0.25) is 19.4 Å². The van der Waals surface area contributed by atoms with Crippen molar-refractivity contribution in [2.24, 2.45) is 5.84 Å². The van der Waals surface area contributed by atoms with Gasteiger partial charge in [-0.25, -0.2) is 10.6 Å². The van der Waals surface area contributed by atoms with E-state index in [0.29, 0.717) is 16.1 Å². The quantitative estimate of drug-likeness (QED) is 0.107. The Hall–Kier alpha value is -4.73. The predicted octanol–water partition coefficient (Wildman–Crippen LogP) is 4.17. The summed E-state index contributed by atoms with van der Waals surface area (Å²) in [6.07, 6.45) is -0.553. The summed E-state index contributed by atoms with van der Waals surface area (Å²) in [5.41, 5.74) is 0.993. The fourth-order valence-corrected chi connectivity index (χ4v) is 4.28. The maximum Gasteiger partial charge on any atom is 0.328 e. The largest absolute Gasteiger partial charge is 0.508 e. The first-order valence-corrected chi connectivity index (χ1v) is 12.2. The Bertz CT molecular complexity index is 1590. The number of carbonyl (C=O) groups is 4. The number of carboxylic acid groups (broad SMARTS) is 1. The Morgan fingerprint density at radius 1 is 0.872 bits per heavy atom. The molecule has 10 heteroatoms. The molecule has 5 N–H and O–H groups in total. The average Bonchev–Trinajstić information content (AvgIpc) is 2.93. The monoisotopic (exact) mass is 545 g/mol. The van der Waals surface area contributed by atoms with E-state index < -0.39 is 36.0 Å². The number of hydrazine groups is 1. The molecule has 0 saturated heterocycles. The lowest BCUT2D eigenvalue weighted by atomic mass is 9.99. The number of amides is 2. The number of Topliss-reactive ketones (excluding diaryl/α,β-unsaturated/α-hetero) is 1. The summed E-state index contributed by atoms with van der Waals surface area (Å²) in [7, 11) is 0. The van der Waals surface area contributed by atoms with Crippen LogP contribution in [-0.4, -0.2) is 44.8 Å². The third kappa shape index (κ3) is 6.40. The van der Waals surface area contributed by atoms with Gasteiger partial charge >= 0.3 is 5.97 Å². The van der Waals surface area contributed by atoms with Gasteiger partial charge in [-0.1, -0.05) is 60.1 Å². The van der Waals surface area contributed by atoms with E-state index in [9.17, 15) is 29.4 Å². The number of benzene rings is 4. The standard InChI is InChI=1S/C29H24ClN3O6/c30-24-14-21(27(36)32-16-17-4-3-7-22(34)12-17)10-11-23(24)28(37)33(31)25(29(38)39)15-26(35)20-9-8-18-5-1-2-6-19(18)13-20/h1-14,25,34H,15-16,31H2,(H,32,36)(H,38,39)/t25-/m0/s1. The summed E-state index contributed by atoms with van der Waals surface area (Å²) in [6.45, 7) is 0.146. The van der Waals surface area contributed by atoms with Crippen LogP contribution in [0.5, 0.6) is 5.75 Å². The summed E-state index contributed by atoms with van der Waals surface area (Å²) < 4.78 is 0. The maximum absolute atomic E-state index is 13.0. The Morgan fingerprint density at radius 2 is 1.59 bits per heavy atom. The molecule has 0 saturated carbocycles. The van der Waals surface area contributed by atoms with Gasteiger partial charge in [-0.2, -0.15) is 0 Å². The minimum Gasteiger partial charge on any atom is -0.508 e. The first-order valence-electron chi connectivity index (χ1n) is 11.8. The van der Waals surface area contributed by atoms with Gasteiger partial charge in [0, 0.05) is 24.1 Å². The molecule has 0 bridgehead atoms. The fourth-order valence-electron chi connectivity index (χ4n) is 4.02. The first-order chi connectivity index (χ1) is 18.6. The summed E-state index contributed by atoms with van der Waals surface area (Å²) in [6, 6.07) is 21.0. The molecule has 0 spiro atoms. The van der Waals surface area contributed by atoms with Gasteiger partial charge in [0.15, 0.2) is 11.8 Å². The van der Waals surface area contributed by atoms with Gasteiger partial charge in [0.2, 0.25) is 0 Å². The van der Waals surface area contributed by atoms with E-state index in [2.05, 4.69) is 5.32 Å². The molecule has 0 unspecified atom stereocenters. The molecule has 0 heterocycles. The van der Waals surface area contributed by atoms with Crippen LogP contribution in [0, 0.1) is 0 Å². The van der Waals surface area contributed by atoms with Crippen LogP contribution in [0.2, 0.25) is 5.02 Å². The number of rotatable bonds is 9. The zero-order valence-corrected chi connectivity index (χ0v) is 21.3. The molecule has 198 valence electrons. The molecule has 4 aromatic carbocycles. The number of nitrogens with one attached hydrogen (secondary N) is 1. The molecule has 0 radical (unpaired) electrons. The van der Waals surface area contributed by atoms with Crippen molar-refractivity contribution in [3.05, 3.63) is 112 Å². The maximum atomic E-state index is 13.0. The molecule has 4 aromatic rings. The van der Waals surface area contributed by atoms with E-state index >= 15 is 0 Å². The van der Waals surface area contributed by atoms with Gasteiger partial charge < -0.3 is 15.5 Å². The molecular weight excluding hydrogens is 522 g/mol. The molecule has 0 fully saturated rings. The number of hydrogen-bond acceptors (Lipinski definition) is 6. The Morgan fingerprint density at radius 3 is 2.28 bits per heavy atom. The van der Waals surface area contributed by atoms with Crippen LogP contribution in [0.25, 0.3) is 10.8 Å². The molecular formula is C29H24ClN3O6. The zero-order valence-electron chi connectivity index (χ0n) is 20.5. The Balaban J connectivity index is 1.46. The summed E-state index contributed by atoms with van der Waals surface area (Å²) >= 11 is 6.26. The van der Waals surface area contributed by atoms with Crippen LogP contribution in [-0.2, 0) is 11.3 Å². The van der Waals surface area contributed by atoms with E-state index in [-0.39, 0.29) is 28.4 Å². The van der Waals surface area contributed by atoms with Crippen molar-refractivity contribution in [1.29, 1.82) is 0 Å². The number of phenolic OH excluding ortho intramolecular Hbond substituents is 1. The van der Waals surface area contributed by atoms with Crippen molar-refractivity contribution in [3.63, 3.8) is 0 Å². The van der Waals surface area contributed by atoms with Crippen LogP contribution in [0.1, 0.15) is 43.1 Å². The normalized spacial score (nSPS) is 11.5. The number of fused-ring (bicyclic) bond motifs is 1. The molecule has 39 heavy (non-hydrogen) atoms. The molecule has 0 aliphatic carbocycles. The number of halogens is 1. The zero-order chi connectivity index (χ0) is 28.1. The smallest absolute Gasteiger partial charge is 0.328 e. The van der Waals surface area contributed by atoms with Crippen LogP contribution in [0.15, 0.2) is 84.9 Å². The number of carboxylic acids is 1. The van der Waals surface area contributed by atoms with Crippen molar-refractivity contribution in [3.8, 4) is 5.75 Å². The van der Waals surface area contributed by atoms with Crippen molar-refractivity contribution in [1.82, 2.24) is 10.3 Å². The van der Waals surface area contributed by atoms with E-state index in [0.717, 1.165) is 10.8 Å². The molecule has 2 amide bonds. The SMILES string of the molecule is NN(C(=O)c1ccc(C(=O)NCc2cccc(O)c2)cc1Cl)[C@@H](CC(=O)c1ccc2ccccc2c1)C(=O)O. The molecule has 0 aliphatic rings. The lowest BCUT2D eigenvalue weighted by Gasteiger charge is -2.24. The van der Waals surface area contributed by atoms with E-state index in [1.807, 2.05) is 24.3 Å². The van der Waals surface area contributed by atoms with Crippen LogP contribution >= 0.6 is 11.6 Å². The van der Waals surface area contributed by atoms with Crippen molar-refractivity contribution < 1.29 is 29.4 Å². The van der Waals surface area contributed by atoms with Gasteiger partial charge in [-0.05, 0) is 52.7 Å². The van der Waals surface area contributed by atoms with E-state index in [4.69, 9.17) is 17.4 Å².